The van der Waals surface area contributed by atoms with Crippen molar-refractivity contribution in [3.8, 4) is 0 Å². The number of rotatable bonds is 1. The average molecular weight is 278 g/mol. The molecule has 82 valence electrons. The van der Waals surface area contributed by atoms with Crippen molar-refractivity contribution in [2.24, 2.45) is 0 Å². The van der Waals surface area contributed by atoms with Crippen molar-refractivity contribution < 1.29 is 0 Å². The minimum absolute atomic E-state index is 0.939. The van der Waals surface area contributed by atoms with Gasteiger partial charge in [-0.15, -0.1) is 0 Å². The minimum Gasteiger partial charge on any atom is -0.313 e. The molecule has 2 N–H and O–H groups in total. The highest BCUT2D eigenvalue weighted by molar-refractivity contribution is 9.10. The van der Waals surface area contributed by atoms with E-state index in [1.165, 1.54) is 11.0 Å². The van der Waals surface area contributed by atoms with Crippen molar-refractivity contribution in [1.29, 1.82) is 0 Å². The molecule has 0 saturated carbocycles. The van der Waals surface area contributed by atoms with E-state index in [4.69, 9.17) is 0 Å². The smallest absolute Gasteiger partial charge is 0.0968 e. The lowest BCUT2D eigenvalue weighted by Gasteiger charge is -2.12. The molecule has 2 heterocycles. The van der Waals surface area contributed by atoms with Crippen LogP contribution in [-0.2, 0) is 0 Å². The molecule has 0 amide bonds. The second-order valence-electron chi connectivity index (χ2n) is 3.92. The van der Waals surface area contributed by atoms with Gasteiger partial charge in [0.25, 0.3) is 0 Å². The first-order valence-electron chi connectivity index (χ1n) is 5.39. The number of aromatic nitrogens is 2. The molecular weight excluding hydrogens is 266 g/mol. The Morgan fingerprint density at radius 1 is 1.31 bits per heavy atom. The fourth-order valence-corrected chi connectivity index (χ4v) is 2.65. The number of benzene rings is 1. The van der Waals surface area contributed by atoms with Crippen LogP contribution in [0.1, 0.15) is 12.1 Å². The van der Waals surface area contributed by atoms with Crippen molar-refractivity contribution in [2.45, 2.75) is 6.42 Å². The monoisotopic (exact) mass is 277 g/mol. The van der Waals surface area contributed by atoms with Gasteiger partial charge >= 0.3 is 0 Å². The van der Waals surface area contributed by atoms with Gasteiger partial charge in [0.05, 0.1) is 11.2 Å². The van der Waals surface area contributed by atoms with E-state index in [1.807, 2.05) is 6.07 Å². The Morgan fingerprint density at radius 3 is 3.06 bits per heavy atom. The summed E-state index contributed by atoms with van der Waals surface area (Å²) in [6.07, 6.45) is 3.26. The second kappa shape index (κ2) is 4.03. The van der Waals surface area contributed by atoms with Gasteiger partial charge in [-0.2, -0.15) is 5.10 Å². The van der Waals surface area contributed by atoms with Gasteiger partial charge in [-0.25, -0.2) is 0 Å². The number of hydrogen-bond acceptors (Lipinski definition) is 2. The lowest BCUT2D eigenvalue weighted by Crippen LogP contribution is -2.20. The zero-order chi connectivity index (χ0) is 11.0. The van der Waals surface area contributed by atoms with E-state index in [0.29, 0.717) is 0 Å². The Hall–Kier alpha value is -1.13. The largest absolute Gasteiger partial charge is 0.313 e. The maximum Gasteiger partial charge on any atom is 0.0968 e. The van der Waals surface area contributed by atoms with Crippen molar-refractivity contribution in [3.05, 3.63) is 34.4 Å². The summed E-state index contributed by atoms with van der Waals surface area (Å²) < 4.78 is 1.10. The molecule has 0 saturated heterocycles. The first-order valence-corrected chi connectivity index (χ1v) is 6.18. The third kappa shape index (κ3) is 1.58. The van der Waals surface area contributed by atoms with E-state index in [-0.39, 0.29) is 0 Å². The van der Waals surface area contributed by atoms with E-state index in [2.05, 4.69) is 49.7 Å². The highest BCUT2D eigenvalue weighted by Crippen LogP contribution is 2.31. The fourth-order valence-electron chi connectivity index (χ4n) is 2.10. The number of nitrogens with zero attached hydrogens (tertiary/aromatic N) is 1. The second-order valence-corrected chi connectivity index (χ2v) is 4.77. The summed E-state index contributed by atoms with van der Waals surface area (Å²) in [7, 11) is 0. The lowest BCUT2D eigenvalue weighted by atomic mass is 10.0. The SMILES string of the molecule is Brc1cccc2[nH]nc(C3=CCNCC3)c12. The van der Waals surface area contributed by atoms with Crippen LogP contribution in [0.5, 0.6) is 0 Å². The summed E-state index contributed by atoms with van der Waals surface area (Å²) in [6.45, 7) is 1.97. The molecular formula is C12H12BrN3. The standard InChI is InChI=1S/C12H12BrN3/c13-9-2-1-3-10-11(9)12(16-15-10)8-4-6-14-7-5-8/h1-4,14H,5-7H2,(H,15,16). The van der Waals surface area contributed by atoms with Crippen LogP contribution in [0.4, 0.5) is 0 Å². The maximum absolute atomic E-state index is 4.43. The van der Waals surface area contributed by atoms with Crippen LogP contribution >= 0.6 is 15.9 Å². The molecule has 0 fully saturated rings. The van der Waals surface area contributed by atoms with Crippen LogP contribution < -0.4 is 5.32 Å². The van der Waals surface area contributed by atoms with E-state index in [9.17, 15) is 0 Å². The molecule has 3 rings (SSSR count). The molecule has 1 aliphatic rings. The van der Waals surface area contributed by atoms with Crippen LogP contribution in [0.2, 0.25) is 0 Å². The average Bonchev–Trinajstić information content (AvgIpc) is 2.75. The summed E-state index contributed by atoms with van der Waals surface area (Å²) in [5.41, 5.74) is 3.50. The van der Waals surface area contributed by atoms with Gasteiger partial charge in [0.1, 0.15) is 0 Å². The number of halogens is 1. The predicted octanol–water partition coefficient (Wildman–Crippen LogP) is 2.70. The molecule has 0 atom stereocenters. The molecule has 2 aromatic rings. The number of fused-ring (bicyclic) bond motifs is 1. The summed E-state index contributed by atoms with van der Waals surface area (Å²) in [5, 5.41) is 12.0. The fraction of sp³-hybridized carbons (Fsp3) is 0.250. The molecule has 0 unspecified atom stereocenters. The lowest BCUT2D eigenvalue weighted by molar-refractivity contribution is 0.737. The molecule has 1 aromatic heterocycles. The Bertz CT molecular complexity index is 556. The van der Waals surface area contributed by atoms with Gasteiger partial charge in [0.2, 0.25) is 0 Å². The maximum atomic E-state index is 4.43. The normalized spacial score (nSPS) is 16.4. The Kier molecular flexibility index (Phi) is 2.53. The van der Waals surface area contributed by atoms with Crippen molar-refractivity contribution in [1.82, 2.24) is 15.5 Å². The number of hydrogen-bond donors (Lipinski definition) is 2. The van der Waals surface area contributed by atoms with Crippen molar-refractivity contribution in [3.63, 3.8) is 0 Å². The topological polar surface area (TPSA) is 40.7 Å². The Morgan fingerprint density at radius 2 is 2.25 bits per heavy atom. The van der Waals surface area contributed by atoms with Crippen molar-refractivity contribution in [2.75, 3.05) is 13.1 Å². The molecule has 4 heteroatoms. The van der Waals surface area contributed by atoms with Crippen LogP contribution in [0.3, 0.4) is 0 Å². The van der Waals surface area contributed by atoms with Crippen molar-refractivity contribution >= 4 is 32.4 Å². The van der Waals surface area contributed by atoms with E-state index in [1.54, 1.807) is 0 Å². The van der Waals surface area contributed by atoms with Gasteiger partial charge in [0.15, 0.2) is 0 Å². The number of nitrogens with one attached hydrogen (secondary N) is 2. The zero-order valence-electron chi connectivity index (χ0n) is 8.76. The van der Waals surface area contributed by atoms with Gasteiger partial charge in [-0.1, -0.05) is 28.1 Å². The molecule has 1 aromatic carbocycles. The molecule has 0 bridgehead atoms. The number of aromatic amines is 1. The third-order valence-electron chi connectivity index (χ3n) is 2.91. The van der Waals surface area contributed by atoms with E-state index >= 15 is 0 Å². The Balaban J connectivity index is 2.20. The first kappa shape index (κ1) is 10.1. The van der Waals surface area contributed by atoms with Gasteiger partial charge < -0.3 is 5.32 Å². The van der Waals surface area contributed by atoms with Gasteiger partial charge in [-0.3, -0.25) is 5.10 Å². The molecule has 0 radical (unpaired) electrons. The molecule has 16 heavy (non-hydrogen) atoms. The van der Waals surface area contributed by atoms with Gasteiger partial charge in [0, 0.05) is 16.4 Å². The highest BCUT2D eigenvalue weighted by atomic mass is 79.9. The summed E-state index contributed by atoms with van der Waals surface area (Å²) in [4.78, 5) is 0. The van der Waals surface area contributed by atoms with E-state index < -0.39 is 0 Å². The summed E-state index contributed by atoms with van der Waals surface area (Å²) in [6, 6.07) is 6.13. The van der Waals surface area contributed by atoms with Crippen LogP contribution in [0.25, 0.3) is 16.5 Å². The first-order chi connectivity index (χ1) is 7.86. The molecule has 0 aliphatic carbocycles. The molecule has 0 spiro atoms. The van der Waals surface area contributed by atoms with E-state index in [0.717, 1.165) is 35.2 Å². The summed E-state index contributed by atoms with van der Waals surface area (Å²) >= 11 is 3.59. The predicted molar refractivity (Wildman–Crippen MR) is 69.3 cm³/mol. The quantitative estimate of drug-likeness (QED) is 0.842. The third-order valence-corrected chi connectivity index (χ3v) is 3.57. The van der Waals surface area contributed by atoms with Crippen LogP contribution in [0.15, 0.2) is 28.7 Å². The highest BCUT2D eigenvalue weighted by Gasteiger charge is 2.14. The zero-order valence-corrected chi connectivity index (χ0v) is 10.3. The van der Waals surface area contributed by atoms with Crippen LogP contribution in [0, 0.1) is 0 Å². The van der Waals surface area contributed by atoms with Gasteiger partial charge in [-0.05, 0) is 30.7 Å². The Labute approximate surface area is 102 Å². The number of H-pyrrole nitrogens is 1. The molecule has 1 aliphatic heterocycles. The summed E-state index contributed by atoms with van der Waals surface area (Å²) in [5.74, 6) is 0. The van der Waals surface area contributed by atoms with Crippen LogP contribution in [-0.4, -0.2) is 23.3 Å². The minimum atomic E-state index is 0.939. The molecule has 3 nitrogen and oxygen atoms in total.